The second kappa shape index (κ2) is 6.90. The first kappa shape index (κ1) is 17.9. The van der Waals surface area contributed by atoms with Crippen LogP contribution in [0.25, 0.3) is 0 Å². The van der Waals surface area contributed by atoms with Gasteiger partial charge in [-0.15, -0.1) is 0 Å². The molecule has 2 aliphatic rings. The third-order valence-electron chi connectivity index (χ3n) is 5.90. The van der Waals surface area contributed by atoms with E-state index in [0.717, 1.165) is 62.0 Å². The summed E-state index contributed by atoms with van der Waals surface area (Å²) in [6, 6.07) is 2.61. The third kappa shape index (κ3) is 3.28. The van der Waals surface area contributed by atoms with Crippen LogP contribution in [-0.2, 0) is 6.42 Å². The first-order valence-electron chi connectivity index (χ1n) is 9.43. The zero-order valence-electron chi connectivity index (χ0n) is 15.3. The Kier molecular flexibility index (Phi) is 4.57. The summed E-state index contributed by atoms with van der Waals surface area (Å²) in [5.74, 6) is 0.396. The maximum Gasteiger partial charge on any atom is 0.321 e. The van der Waals surface area contributed by atoms with Crippen LogP contribution in [0.3, 0.4) is 0 Å². The van der Waals surface area contributed by atoms with E-state index in [1.54, 1.807) is 4.90 Å². The SMILES string of the molecule is CCc1nc(C2CN(C(=O)Nc3cc(F)ccc3F)CC23CCCC3)n[nH]1. The summed E-state index contributed by atoms with van der Waals surface area (Å²) in [6.45, 7) is 3.07. The number of hydrogen-bond donors (Lipinski definition) is 2. The van der Waals surface area contributed by atoms with Crippen LogP contribution in [0.5, 0.6) is 0 Å². The van der Waals surface area contributed by atoms with Gasteiger partial charge in [0, 0.05) is 31.5 Å². The molecule has 4 rings (SSSR count). The van der Waals surface area contributed by atoms with Crippen LogP contribution in [0.1, 0.15) is 50.2 Å². The largest absolute Gasteiger partial charge is 0.323 e. The normalized spacial score (nSPS) is 21.1. The van der Waals surface area contributed by atoms with Crippen LogP contribution in [0.2, 0.25) is 0 Å². The summed E-state index contributed by atoms with van der Waals surface area (Å²) in [6.07, 6.45) is 5.05. The minimum absolute atomic E-state index is 0.0367. The summed E-state index contributed by atoms with van der Waals surface area (Å²) in [4.78, 5) is 19.0. The Morgan fingerprint density at radius 3 is 2.85 bits per heavy atom. The number of aromatic nitrogens is 3. The summed E-state index contributed by atoms with van der Waals surface area (Å²) in [5.41, 5.74) is -0.180. The molecule has 1 spiro atoms. The number of carbonyl (C=O) groups excluding carboxylic acids is 1. The highest BCUT2D eigenvalue weighted by molar-refractivity contribution is 5.89. The van der Waals surface area contributed by atoms with Gasteiger partial charge < -0.3 is 10.2 Å². The Morgan fingerprint density at radius 1 is 1.37 bits per heavy atom. The predicted octanol–water partition coefficient (Wildman–Crippen LogP) is 3.84. The molecule has 1 aromatic carbocycles. The van der Waals surface area contributed by atoms with Crippen molar-refractivity contribution in [3.8, 4) is 0 Å². The summed E-state index contributed by atoms with van der Waals surface area (Å²) < 4.78 is 27.3. The number of urea groups is 1. The zero-order valence-corrected chi connectivity index (χ0v) is 15.3. The van der Waals surface area contributed by atoms with Gasteiger partial charge in [-0.25, -0.2) is 18.6 Å². The summed E-state index contributed by atoms with van der Waals surface area (Å²) in [5, 5.41) is 9.86. The lowest BCUT2D eigenvalue weighted by Gasteiger charge is -2.27. The Labute approximate surface area is 156 Å². The molecule has 8 heteroatoms. The van der Waals surface area contributed by atoms with Crippen molar-refractivity contribution in [2.75, 3.05) is 18.4 Å². The number of nitrogens with zero attached hydrogens (tertiary/aromatic N) is 3. The molecule has 1 aliphatic heterocycles. The molecule has 1 aliphatic carbocycles. The van der Waals surface area contributed by atoms with Crippen molar-refractivity contribution in [2.45, 2.75) is 44.9 Å². The fourth-order valence-electron chi connectivity index (χ4n) is 4.48. The molecule has 1 atom stereocenters. The lowest BCUT2D eigenvalue weighted by Crippen LogP contribution is -2.35. The third-order valence-corrected chi connectivity index (χ3v) is 5.90. The van der Waals surface area contributed by atoms with Crippen molar-refractivity contribution in [1.29, 1.82) is 0 Å². The maximum atomic E-state index is 13.9. The first-order chi connectivity index (χ1) is 13.0. The van der Waals surface area contributed by atoms with Gasteiger partial charge in [-0.1, -0.05) is 19.8 Å². The molecule has 144 valence electrons. The maximum absolute atomic E-state index is 13.9. The Morgan fingerprint density at radius 2 is 2.15 bits per heavy atom. The molecule has 2 N–H and O–H groups in total. The number of amides is 2. The number of aromatic amines is 1. The minimum atomic E-state index is -0.655. The Bertz CT molecular complexity index is 846. The van der Waals surface area contributed by atoms with Crippen LogP contribution < -0.4 is 5.32 Å². The molecule has 1 unspecified atom stereocenters. The number of aryl methyl sites for hydroxylation is 1. The van der Waals surface area contributed by atoms with Gasteiger partial charge in [0.15, 0.2) is 5.82 Å². The van der Waals surface area contributed by atoms with Crippen molar-refractivity contribution in [1.82, 2.24) is 20.1 Å². The summed E-state index contributed by atoms with van der Waals surface area (Å²) in [7, 11) is 0. The van der Waals surface area contributed by atoms with Gasteiger partial charge in [0.25, 0.3) is 0 Å². The van der Waals surface area contributed by atoms with Crippen LogP contribution in [0, 0.1) is 17.0 Å². The average molecular weight is 375 g/mol. The van der Waals surface area contributed by atoms with E-state index in [2.05, 4.69) is 20.5 Å². The smallest absolute Gasteiger partial charge is 0.321 e. The van der Waals surface area contributed by atoms with Crippen molar-refractivity contribution < 1.29 is 13.6 Å². The molecule has 1 aromatic heterocycles. The molecule has 2 fully saturated rings. The number of hydrogen-bond acceptors (Lipinski definition) is 3. The van der Waals surface area contributed by atoms with Crippen LogP contribution in [0.15, 0.2) is 18.2 Å². The molecule has 2 aromatic rings. The number of rotatable bonds is 3. The molecule has 2 amide bonds. The van der Waals surface area contributed by atoms with Crippen molar-refractivity contribution >= 4 is 11.7 Å². The number of likely N-dealkylation sites (tertiary alicyclic amines) is 1. The highest BCUT2D eigenvalue weighted by Gasteiger charge is 2.51. The Hall–Kier alpha value is -2.51. The number of benzene rings is 1. The van der Waals surface area contributed by atoms with E-state index >= 15 is 0 Å². The fraction of sp³-hybridized carbons (Fsp3) is 0.526. The molecule has 2 heterocycles. The van der Waals surface area contributed by atoms with Gasteiger partial charge in [0.05, 0.1) is 5.69 Å². The van der Waals surface area contributed by atoms with Gasteiger partial charge in [-0.05, 0) is 30.4 Å². The van der Waals surface area contributed by atoms with E-state index in [4.69, 9.17) is 0 Å². The van der Waals surface area contributed by atoms with Crippen LogP contribution in [0.4, 0.5) is 19.3 Å². The quantitative estimate of drug-likeness (QED) is 0.856. The summed E-state index contributed by atoms with van der Waals surface area (Å²) >= 11 is 0. The number of nitrogens with one attached hydrogen (secondary N) is 2. The molecule has 1 saturated heterocycles. The van der Waals surface area contributed by atoms with Gasteiger partial charge in [0.2, 0.25) is 0 Å². The zero-order chi connectivity index (χ0) is 19.0. The van der Waals surface area contributed by atoms with E-state index in [1.807, 2.05) is 6.92 Å². The monoisotopic (exact) mass is 375 g/mol. The fourth-order valence-corrected chi connectivity index (χ4v) is 4.48. The highest BCUT2D eigenvalue weighted by atomic mass is 19.1. The number of anilines is 1. The second-order valence-electron chi connectivity index (χ2n) is 7.55. The lowest BCUT2D eigenvalue weighted by molar-refractivity contribution is 0.212. The average Bonchev–Trinajstić information content (AvgIpc) is 3.39. The molecule has 27 heavy (non-hydrogen) atoms. The predicted molar refractivity (Wildman–Crippen MR) is 96.4 cm³/mol. The van der Waals surface area contributed by atoms with Crippen LogP contribution in [-0.4, -0.2) is 39.2 Å². The standard InChI is InChI=1S/C19H23F2N5O/c1-2-16-23-17(25-24-16)13-10-26(11-19(13)7-3-4-8-19)18(27)22-15-9-12(20)5-6-14(15)21/h5-6,9,13H,2-4,7-8,10-11H2,1H3,(H,22,27)(H,23,24,25). The van der Waals surface area contributed by atoms with Gasteiger partial charge in [-0.3, -0.25) is 5.10 Å². The minimum Gasteiger partial charge on any atom is -0.323 e. The highest BCUT2D eigenvalue weighted by Crippen LogP contribution is 2.52. The van der Waals surface area contributed by atoms with E-state index in [0.29, 0.717) is 13.1 Å². The first-order valence-corrected chi connectivity index (χ1v) is 9.43. The van der Waals surface area contributed by atoms with Gasteiger partial charge >= 0.3 is 6.03 Å². The van der Waals surface area contributed by atoms with Gasteiger partial charge in [0.1, 0.15) is 17.5 Å². The Balaban J connectivity index is 1.55. The van der Waals surface area contributed by atoms with E-state index in [9.17, 15) is 13.6 Å². The molecule has 6 nitrogen and oxygen atoms in total. The molecule has 0 radical (unpaired) electrons. The molecule has 0 bridgehead atoms. The van der Waals surface area contributed by atoms with Crippen molar-refractivity contribution in [3.05, 3.63) is 41.5 Å². The van der Waals surface area contributed by atoms with Gasteiger partial charge in [-0.2, -0.15) is 5.10 Å². The molecule has 1 saturated carbocycles. The number of halogens is 2. The van der Waals surface area contributed by atoms with Crippen molar-refractivity contribution in [3.63, 3.8) is 0 Å². The van der Waals surface area contributed by atoms with E-state index < -0.39 is 17.7 Å². The molecular formula is C19H23F2N5O. The van der Waals surface area contributed by atoms with E-state index in [-0.39, 0.29) is 17.0 Å². The topological polar surface area (TPSA) is 73.9 Å². The van der Waals surface area contributed by atoms with E-state index in [1.165, 1.54) is 0 Å². The number of H-pyrrole nitrogens is 1. The second-order valence-corrected chi connectivity index (χ2v) is 7.55. The molecular weight excluding hydrogens is 352 g/mol. The lowest BCUT2D eigenvalue weighted by atomic mass is 9.76. The van der Waals surface area contributed by atoms with Crippen molar-refractivity contribution in [2.24, 2.45) is 5.41 Å². The van der Waals surface area contributed by atoms with Crippen LogP contribution >= 0.6 is 0 Å². The number of carbonyl (C=O) groups is 1.